The van der Waals surface area contributed by atoms with E-state index in [9.17, 15) is 4.79 Å². The zero-order valence-electron chi connectivity index (χ0n) is 12.9. The molecular formula is C18H30O2. The summed E-state index contributed by atoms with van der Waals surface area (Å²) in [6, 6.07) is 0. The Labute approximate surface area is 124 Å². The minimum atomic E-state index is -0.669. The SMILES string of the molecule is C=CCC=CCC=CCCCCCCCC(C)C(=O)O. The van der Waals surface area contributed by atoms with Gasteiger partial charge in [-0.05, 0) is 32.1 Å². The lowest BCUT2D eigenvalue weighted by Gasteiger charge is -2.05. The third-order valence-electron chi connectivity index (χ3n) is 3.34. The topological polar surface area (TPSA) is 37.3 Å². The summed E-state index contributed by atoms with van der Waals surface area (Å²) in [6.07, 6.45) is 20.5. The molecule has 2 heteroatoms. The van der Waals surface area contributed by atoms with Crippen molar-refractivity contribution in [2.45, 2.75) is 64.7 Å². The summed E-state index contributed by atoms with van der Waals surface area (Å²) in [5, 5.41) is 8.76. The Hall–Kier alpha value is -1.31. The van der Waals surface area contributed by atoms with E-state index < -0.39 is 5.97 Å². The third kappa shape index (κ3) is 13.1. The summed E-state index contributed by atoms with van der Waals surface area (Å²) in [5.74, 6) is -0.857. The number of rotatable bonds is 13. The molecule has 114 valence electrons. The van der Waals surface area contributed by atoms with Crippen molar-refractivity contribution in [1.29, 1.82) is 0 Å². The van der Waals surface area contributed by atoms with Crippen LogP contribution in [0.25, 0.3) is 0 Å². The highest BCUT2D eigenvalue weighted by molar-refractivity contribution is 5.69. The van der Waals surface area contributed by atoms with Gasteiger partial charge < -0.3 is 5.11 Å². The van der Waals surface area contributed by atoms with Gasteiger partial charge in [-0.25, -0.2) is 0 Å². The van der Waals surface area contributed by atoms with Crippen molar-refractivity contribution in [2.24, 2.45) is 5.92 Å². The van der Waals surface area contributed by atoms with E-state index in [0.29, 0.717) is 0 Å². The van der Waals surface area contributed by atoms with Gasteiger partial charge in [0, 0.05) is 0 Å². The van der Waals surface area contributed by atoms with Gasteiger partial charge in [0.05, 0.1) is 5.92 Å². The van der Waals surface area contributed by atoms with Crippen LogP contribution in [0.3, 0.4) is 0 Å². The molecule has 0 aliphatic heterocycles. The molecule has 0 heterocycles. The van der Waals surface area contributed by atoms with Gasteiger partial charge in [0.25, 0.3) is 0 Å². The average Bonchev–Trinajstić information content (AvgIpc) is 2.43. The molecule has 1 N–H and O–H groups in total. The Morgan fingerprint density at radius 3 is 2.30 bits per heavy atom. The molecule has 0 aliphatic rings. The van der Waals surface area contributed by atoms with Gasteiger partial charge in [-0.3, -0.25) is 4.79 Å². The second-order valence-corrected chi connectivity index (χ2v) is 5.29. The molecule has 1 unspecified atom stereocenters. The van der Waals surface area contributed by atoms with Crippen molar-refractivity contribution in [3.8, 4) is 0 Å². The number of allylic oxidation sites excluding steroid dienone is 5. The summed E-state index contributed by atoms with van der Waals surface area (Å²) in [7, 11) is 0. The number of carbonyl (C=O) groups is 1. The number of carboxylic acid groups (broad SMARTS) is 1. The van der Waals surface area contributed by atoms with Gasteiger partial charge >= 0.3 is 5.97 Å². The monoisotopic (exact) mass is 278 g/mol. The lowest BCUT2D eigenvalue weighted by Crippen LogP contribution is -2.08. The first-order chi connectivity index (χ1) is 9.68. The molecule has 0 aromatic rings. The standard InChI is InChI=1S/C18H30O2/c1-3-4-5-6-7-8-9-10-11-12-13-14-15-16-17(2)18(19)20/h3,5-6,8-9,17H,1,4,7,10-16H2,2H3,(H,19,20). The molecule has 0 bridgehead atoms. The Morgan fingerprint density at radius 1 is 1.00 bits per heavy atom. The number of hydrogen-bond donors (Lipinski definition) is 1. The first-order valence-corrected chi connectivity index (χ1v) is 7.82. The summed E-state index contributed by atoms with van der Waals surface area (Å²) < 4.78 is 0. The molecule has 0 fully saturated rings. The van der Waals surface area contributed by atoms with Crippen LogP contribution in [0.4, 0.5) is 0 Å². The van der Waals surface area contributed by atoms with Crippen LogP contribution in [-0.4, -0.2) is 11.1 Å². The molecule has 20 heavy (non-hydrogen) atoms. The molecular weight excluding hydrogens is 248 g/mol. The van der Waals surface area contributed by atoms with Crippen LogP contribution in [0.1, 0.15) is 64.7 Å². The van der Waals surface area contributed by atoms with E-state index in [4.69, 9.17) is 5.11 Å². The summed E-state index contributed by atoms with van der Waals surface area (Å²) in [4.78, 5) is 10.6. The first-order valence-electron chi connectivity index (χ1n) is 7.82. The second-order valence-electron chi connectivity index (χ2n) is 5.29. The number of hydrogen-bond acceptors (Lipinski definition) is 1. The van der Waals surface area contributed by atoms with Crippen LogP contribution in [-0.2, 0) is 4.79 Å². The van der Waals surface area contributed by atoms with Crippen molar-refractivity contribution >= 4 is 5.97 Å². The van der Waals surface area contributed by atoms with E-state index >= 15 is 0 Å². The molecule has 0 spiro atoms. The Bertz CT molecular complexity index is 303. The van der Waals surface area contributed by atoms with Gasteiger partial charge in [0.2, 0.25) is 0 Å². The van der Waals surface area contributed by atoms with E-state index in [1.54, 1.807) is 6.92 Å². The van der Waals surface area contributed by atoms with Crippen molar-refractivity contribution in [3.63, 3.8) is 0 Å². The van der Waals surface area contributed by atoms with Gasteiger partial charge in [-0.15, -0.1) is 6.58 Å². The van der Waals surface area contributed by atoms with Crippen LogP contribution >= 0.6 is 0 Å². The number of aliphatic carboxylic acids is 1. The first kappa shape index (κ1) is 18.7. The molecule has 0 aromatic carbocycles. The second kappa shape index (κ2) is 14.1. The predicted molar refractivity (Wildman–Crippen MR) is 86.8 cm³/mol. The quantitative estimate of drug-likeness (QED) is 0.356. The predicted octanol–water partition coefficient (Wildman–Crippen LogP) is 5.52. The molecule has 1 atom stereocenters. The smallest absolute Gasteiger partial charge is 0.306 e. The normalized spacial score (nSPS) is 13.1. The van der Waals surface area contributed by atoms with E-state index in [1.165, 1.54) is 19.3 Å². The lowest BCUT2D eigenvalue weighted by molar-refractivity contribution is -0.141. The van der Waals surface area contributed by atoms with Crippen LogP contribution in [0.2, 0.25) is 0 Å². The molecule has 0 aliphatic carbocycles. The van der Waals surface area contributed by atoms with Crippen molar-refractivity contribution in [1.82, 2.24) is 0 Å². The van der Waals surface area contributed by atoms with E-state index in [1.807, 2.05) is 6.08 Å². The van der Waals surface area contributed by atoms with Gasteiger partial charge in [-0.1, -0.05) is 63.0 Å². The summed E-state index contributed by atoms with van der Waals surface area (Å²) in [5.41, 5.74) is 0. The summed E-state index contributed by atoms with van der Waals surface area (Å²) >= 11 is 0. The molecule has 0 saturated carbocycles. The maximum Gasteiger partial charge on any atom is 0.306 e. The molecule has 0 rings (SSSR count). The van der Waals surface area contributed by atoms with Crippen molar-refractivity contribution in [2.75, 3.05) is 0 Å². The number of unbranched alkanes of at least 4 members (excludes halogenated alkanes) is 5. The fraction of sp³-hybridized carbons (Fsp3) is 0.611. The lowest BCUT2D eigenvalue weighted by atomic mass is 10.0. The molecule has 0 radical (unpaired) electrons. The van der Waals surface area contributed by atoms with E-state index in [0.717, 1.165) is 38.5 Å². The fourth-order valence-corrected chi connectivity index (χ4v) is 1.95. The minimum absolute atomic E-state index is 0.188. The van der Waals surface area contributed by atoms with Gasteiger partial charge in [-0.2, -0.15) is 0 Å². The zero-order valence-corrected chi connectivity index (χ0v) is 12.9. The highest BCUT2D eigenvalue weighted by Gasteiger charge is 2.09. The van der Waals surface area contributed by atoms with Crippen LogP contribution < -0.4 is 0 Å². The highest BCUT2D eigenvalue weighted by atomic mass is 16.4. The molecule has 0 saturated heterocycles. The minimum Gasteiger partial charge on any atom is -0.481 e. The van der Waals surface area contributed by atoms with Gasteiger partial charge in [0.15, 0.2) is 0 Å². The maximum absolute atomic E-state index is 10.6. The van der Waals surface area contributed by atoms with E-state index in [-0.39, 0.29) is 5.92 Å². The fourth-order valence-electron chi connectivity index (χ4n) is 1.95. The highest BCUT2D eigenvalue weighted by Crippen LogP contribution is 2.12. The average molecular weight is 278 g/mol. The molecule has 0 amide bonds. The Balaban J connectivity index is 3.26. The van der Waals surface area contributed by atoms with E-state index in [2.05, 4.69) is 30.9 Å². The Morgan fingerprint density at radius 2 is 1.60 bits per heavy atom. The van der Waals surface area contributed by atoms with Crippen LogP contribution in [0, 0.1) is 5.92 Å². The van der Waals surface area contributed by atoms with Crippen molar-refractivity contribution in [3.05, 3.63) is 37.0 Å². The number of carboxylic acids is 1. The molecule has 0 aromatic heterocycles. The summed E-state index contributed by atoms with van der Waals surface area (Å²) in [6.45, 7) is 5.46. The maximum atomic E-state index is 10.6. The third-order valence-corrected chi connectivity index (χ3v) is 3.34. The Kier molecular flexibility index (Phi) is 13.2. The van der Waals surface area contributed by atoms with Crippen LogP contribution in [0.5, 0.6) is 0 Å². The van der Waals surface area contributed by atoms with Crippen molar-refractivity contribution < 1.29 is 9.90 Å². The molecule has 2 nitrogen and oxygen atoms in total. The zero-order chi connectivity index (χ0) is 15.1. The van der Waals surface area contributed by atoms with Gasteiger partial charge in [0.1, 0.15) is 0 Å². The largest absolute Gasteiger partial charge is 0.481 e. The van der Waals surface area contributed by atoms with Crippen LogP contribution in [0.15, 0.2) is 37.0 Å².